The van der Waals surface area contributed by atoms with Crippen molar-refractivity contribution in [3.05, 3.63) is 41.6 Å². The van der Waals surface area contributed by atoms with Crippen LogP contribution in [-0.4, -0.2) is 32.7 Å². The Morgan fingerprint density at radius 3 is 1.79 bits per heavy atom. The van der Waals surface area contributed by atoms with Crippen LogP contribution in [0.2, 0.25) is 12.6 Å². The molecule has 0 N–H and O–H groups in total. The fourth-order valence-corrected chi connectivity index (χ4v) is 10.6. The number of ketones is 1. The Hall–Kier alpha value is -1.94. The summed E-state index contributed by atoms with van der Waals surface area (Å²) in [6.45, 7) is 11.2. The summed E-state index contributed by atoms with van der Waals surface area (Å²) >= 11 is 0. The van der Waals surface area contributed by atoms with Crippen molar-refractivity contribution in [2.45, 2.75) is 136 Å². The Bertz CT molecular complexity index is 990. The fraction of sp³-hybridized carbons (Fsp3) is 0.657. The van der Waals surface area contributed by atoms with E-state index >= 15 is 0 Å². The van der Waals surface area contributed by atoms with E-state index in [1.54, 1.807) is 6.08 Å². The van der Waals surface area contributed by atoms with Gasteiger partial charge < -0.3 is 4.90 Å². The number of hydrogen-bond acceptors (Lipinski definition) is 3. The van der Waals surface area contributed by atoms with Gasteiger partial charge in [-0.15, -0.1) is 0 Å². The van der Waals surface area contributed by atoms with Crippen molar-refractivity contribution < 1.29 is 4.79 Å². The van der Waals surface area contributed by atoms with Crippen molar-refractivity contribution in [2.24, 2.45) is 4.99 Å². The van der Waals surface area contributed by atoms with Gasteiger partial charge >= 0.3 is 0 Å². The quantitative estimate of drug-likeness (QED) is 0.0922. The largest absolute Gasteiger partial charge is 0.372 e. The SMILES string of the molecule is CCCCCCCCCCCCCCCCCC[Si]1(C)C2=CC(=O)C=CC2=Nc2ccc(N(CC)CC)cc21. The second-order valence-electron chi connectivity index (χ2n) is 12.0. The van der Waals surface area contributed by atoms with Crippen LogP contribution in [0.15, 0.2) is 46.6 Å². The summed E-state index contributed by atoms with van der Waals surface area (Å²) in [7, 11) is -2.04. The summed E-state index contributed by atoms with van der Waals surface area (Å²) in [6, 6.07) is 8.05. The first-order valence-corrected chi connectivity index (χ1v) is 19.2. The molecule has 0 saturated carbocycles. The lowest BCUT2D eigenvalue weighted by molar-refractivity contribution is -0.110. The minimum atomic E-state index is -2.04. The summed E-state index contributed by atoms with van der Waals surface area (Å²) < 4.78 is 0. The Kier molecular flexibility index (Phi) is 13.8. The molecule has 216 valence electrons. The van der Waals surface area contributed by atoms with Crippen molar-refractivity contribution in [3.8, 4) is 0 Å². The molecule has 39 heavy (non-hydrogen) atoms. The standard InChI is InChI=1S/C35H56N2OSi/c1-5-8-9-10-11-12-13-14-15-16-17-18-19-20-21-22-27-39(4)34-28-30(37(6-2)7-3)23-25-32(34)36-33-26-24-31(38)29-35(33)39/h23-26,28-29H,5-22,27H2,1-4H3. The van der Waals surface area contributed by atoms with E-state index in [2.05, 4.69) is 50.4 Å². The van der Waals surface area contributed by atoms with Gasteiger partial charge in [-0.3, -0.25) is 4.79 Å². The van der Waals surface area contributed by atoms with E-state index in [-0.39, 0.29) is 5.78 Å². The van der Waals surface area contributed by atoms with E-state index in [4.69, 9.17) is 4.99 Å². The maximum atomic E-state index is 12.4. The van der Waals surface area contributed by atoms with Gasteiger partial charge in [0.25, 0.3) is 0 Å². The monoisotopic (exact) mass is 548 g/mol. The number of nitrogens with zero attached hydrogens (tertiary/aromatic N) is 2. The summed E-state index contributed by atoms with van der Waals surface area (Å²) in [5.41, 5.74) is 3.45. The molecular formula is C35H56N2OSi. The average molecular weight is 549 g/mol. The molecule has 1 aliphatic heterocycles. The number of carbonyl (C=O) groups is 1. The predicted molar refractivity (Wildman–Crippen MR) is 175 cm³/mol. The van der Waals surface area contributed by atoms with Crippen molar-refractivity contribution in [1.29, 1.82) is 0 Å². The third-order valence-electron chi connectivity index (χ3n) is 9.04. The predicted octanol–water partition coefficient (Wildman–Crippen LogP) is 9.77. The summed E-state index contributed by atoms with van der Waals surface area (Å²) in [6.07, 6.45) is 27.9. The summed E-state index contributed by atoms with van der Waals surface area (Å²) in [5.74, 6) is 0.123. The molecule has 0 bridgehead atoms. The molecule has 2 aliphatic rings. The van der Waals surface area contributed by atoms with E-state index in [1.165, 1.54) is 125 Å². The maximum Gasteiger partial charge on any atom is 0.178 e. The first-order valence-electron chi connectivity index (χ1n) is 16.5. The van der Waals surface area contributed by atoms with Crippen LogP contribution >= 0.6 is 0 Å². The molecule has 3 rings (SSSR count). The maximum absolute atomic E-state index is 12.4. The third-order valence-corrected chi connectivity index (χ3v) is 13.6. The molecule has 0 radical (unpaired) electrons. The lowest BCUT2D eigenvalue weighted by Crippen LogP contribution is -2.52. The van der Waals surface area contributed by atoms with Gasteiger partial charge in [-0.25, -0.2) is 4.99 Å². The van der Waals surface area contributed by atoms with Gasteiger partial charge in [0.2, 0.25) is 0 Å². The number of carbonyl (C=O) groups excluding carboxylic acids is 1. The van der Waals surface area contributed by atoms with E-state index in [1.807, 2.05) is 12.2 Å². The van der Waals surface area contributed by atoms with Crippen LogP contribution in [0, 0.1) is 0 Å². The molecule has 3 nitrogen and oxygen atoms in total. The molecule has 1 aromatic carbocycles. The number of fused-ring (bicyclic) bond motifs is 2. The van der Waals surface area contributed by atoms with Crippen molar-refractivity contribution in [1.82, 2.24) is 0 Å². The van der Waals surface area contributed by atoms with E-state index in [9.17, 15) is 4.79 Å². The highest BCUT2D eigenvalue weighted by atomic mass is 28.3. The molecule has 0 amide bonds. The van der Waals surface area contributed by atoms with E-state index in [0.29, 0.717) is 0 Å². The van der Waals surface area contributed by atoms with Crippen LogP contribution in [0.3, 0.4) is 0 Å². The third kappa shape index (κ3) is 9.30. The number of allylic oxidation sites excluding steroid dienone is 4. The Labute approximate surface area is 241 Å². The molecule has 0 fully saturated rings. The number of benzene rings is 1. The number of hydrogen-bond donors (Lipinski definition) is 0. The zero-order chi connectivity index (χ0) is 27.9. The topological polar surface area (TPSA) is 32.7 Å². The van der Waals surface area contributed by atoms with Crippen LogP contribution in [0.1, 0.15) is 124 Å². The zero-order valence-corrected chi connectivity index (χ0v) is 26.7. The first-order chi connectivity index (χ1) is 19.0. The van der Waals surface area contributed by atoms with Crippen molar-refractivity contribution >= 4 is 36.1 Å². The van der Waals surface area contributed by atoms with E-state index < -0.39 is 8.07 Å². The van der Waals surface area contributed by atoms with Gasteiger partial charge in [-0.2, -0.15) is 0 Å². The molecule has 0 spiro atoms. The Balaban J connectivity index is 1.43. The van der Waals surface area contributed by atoms with E-state index in [0.717, 1.165) is 24.5 Å². The van der Waals surface area contributed by atoms with Gasteiger partial charge in [0.05, 0.1) is 11.4 Å². The molecule has 1 atom stereocenters. The Morgan fingerprint density at radius 1 is 0.718 bits per heavy atom. The number of rotatable bonds is 20. The van der Waals surface area contributed by atoms with Gasteiger partial charge in [0.1, 0.15) is 8.07 Å². The van der Waals surface area contributed by atoms with Gasteiger partial charge in [0, 0.05) is 18.8 Å². The highest BCUT2D eigenvalue weighted by Gasteiger charge is 2.41. The van der Waals surface area contributed by atoms with Crippen LogP contribution < -0.4 is 10.1 Å². The molecule has 4 heteroatoms. The van der Waals surface area contributed by atoms with Crippen molar-refractivity contribution in [2.75, 3.05) is 18.0 Å². The average Bonchev–Trinajstić information content (AvgIpc) is 2.94. The molecule has 1 aromatic rings. The van der Waals surface area contributed by atoms with Crippen LogP contribution in [0.5, 0.6) is 0 Å². The smallest absolute Gasteiger partial charge is 0.178 e. The number of anilines is 1. The molecule has 1 heterocycles. The Morgan fingerprint density at radius 2 is 1.26 bits per heavy atom. The molecule has 0 aromatic heterocycles. The fourth-order valence-electron chi connectivity index (χ4n) is 6.47. The highest BCUT2D eigenvalue weighted by Crippen LogP contribution is 2.36. The summed E-state index contributed by atoms with van der Waals surface area (Å²) in [5, 5.41) is 2.67. The zero-order valence-electron chi connectivity index (χ0n) is 25.7. The second kappa shape index (κ2) is 17.0. The van der Waals surface area contributed by atoms with Crippen molar-refractivity contribution in [3.63, 3.8) is 0 Å². The van der Waals surface area contributed by atoms with Crippen LogP contribution in [0.4, 0.5) is 11.4 Å². The number of unbranched alkanes of at least 4 members (excludes halogenated alkanes) is 15. The minimum Gasteiger partial charge on any atom is -0.372 e. The lowest BCUT2D eigenvalue weighted by atomic mass is 10.0. The first kappa shape index (κ1) is 31.6. The summed E-state index contributed by atoms with van der Waals surface area (Å²) in [4.78, 5) is 19.8. The van der Waals surface area contributed by atoms with Gasteiger partial charge in [0.15, 0.2) is 5.78 Å². The van der Waals surface area contributed by atoms with Gasteiger partial charge in [-0.05, 0) is 66.7 Å². The lowest BCUT2D eigenvalue weighted by Gasteiger charge is -2.37. The van der Waals surface area contributed by atoms with Crippen LogP contribution in [0.25, 0.3) is 0 Å². The normalized spacial score (nSPS) is 18.0. The molecule has 1 unspecified atom stereocenters. The molecule has 0 saturated heterocycles. The van der Waals surface area contributed by atoms with Crippen LogP contribution in [-0.2, 0) is 4.79 Å². The second-order valence-corrected chi connectivity index (χ2v) is 16.3. The molecule has 1 aliphatic carbocycles. The van der Waals surface area contributed by atoms with Gasteiger partial charge in [-0.1, -0.05) is 116 Å². The number of aliphatic imine (C=N–C) groups is 1. The highest BCUT2D eigenvalue weighted by molar-refractivity contribution is 7.02. The molecular weight excluding hydrogens is 492 g/mol. The minimum absolute atomic E-state index is 0.123.